The van der Waals surface area contributed by atoms with Crippen LogP contribution in [0.3, 0.4) is 0 Å². The Kier molecular flexibility index (Phi) is 3.68. The van der Waals surface area contributed by atoms with Crippen molar-refractivity contribution in [2.45, 2.75) is 39.2 Å². The molecule has 0 aliphatic heterocycles. The summed E-state index contributed by atoms with van der Waals surface area (Å²) in [5, 5.41) is 8.56. The molecule has 1 aromatic carbocycles. The fraction of sp³-hybridized carbons (Fsp3) is 0.375. The number of nitrogens with zero attached hydrogens (tertiary/aromatic N) is 1. The van der Waals surface area contributed by atoms with Crippen molar-refractivity contribution in [3.05, 3.63) is 44.9 Å². The maximum atomic E-state index is 7.67. The molecule has 0 radical (unpaired) electrons. The van der Waals surface area contributed by atoms with Crippen LogP contribution in [0.1, 0.15) is 45.5 Å². The number of aromatic nitrogens is 1. The van der Waals surface area contributed by atoms with Gasteiger partial charge in [0.2, 0.25) is 0 Å². The van der Waals surface area contributed by atoms with Crippen LogP contribution in [0.4, 0.5) is 0 Å². The fourth-order valence-electron chi connectivity index (χ4n) is 2.21. The van der Waals surface area contributed by atoms with E-state index in [2.05, 4.69) is 24.9 Å². The van der Waals surface area contributed by atoms with E-state index in [-0.39, 0.29) is 5.84 Å². The number of nitrogens with one attached hydrogen (secondary N) is 1. The topological polar surface area (TPSA) is 72.0 Å². The van der Waals surface area contributed by atoms with Crippen molar-refractivity contribution in [1.29, 1.82) is 5.41 Å². The maximum absolute atomic E-state index is 7.67. The van der Waals surface area contributed by atoms with Gasteiger partial charge >= 0.3 is 0 Å². The van der Waals surface area contributed by atoms with Crippen molar-refractivity contribution in [2.75, 3.05) is 0 Å². The number of hydrogen-bond acceptors (Lipinski definition) is 4. The monoisotopic (exact) mass is 301 g/mol. The average Bonchev–Trinajstić information content (AvgIpc) is 3.20. The van der Waals surface area contributed by atoms with Gasteiger partial charge in [-0.25, -0.2) is 4.98 Å². The molecule has 0 bridgehead atoms. The summed E-state index contributed by atoms with van der Waals surface area (Å²) in [6.45, 7) is 4.59. The Morgan fingerprint density at radius 1 is 1.38 bits per heavy atom. The Balaban J connectivity index is 1.74. The highest BCUT2D eigenvalue weighted by Crippen LogP contribution is 2.42. The second-order valence-electron chi connectivity index (χ2n) is 5.54. The second-order valence-corrected chi connectivity index (χ2v) is 6.63. The van der Waals surface area contributed by atoms with E-state index in [0.717, 1.165) is 34.2 Å². The van der Waals surface area contributed by atoms with E-state index in [1.165, 1.54) is 22.5 Å². The first-order chi connectivity index (χ1) is 10.0. The van der Waals surface area contributed by atoms with E-state index in [1.54, 1.807) is 0 Å². The van der Waals surface area contributed by atoms with E-state index in [0.29, 0.717) is 12.5 Å². The number of thiazole rings is 1. The lowest BCUT2D eigenvalue weighted by atomic mass is 10.1. The van der Waals surface area contributed by atoms with Crippen LogP contribution in [-0.4, -0.2) is 10.8 Å². The van der Waals surface area contributed by atoms with E-state index in [1.807, 2.05) is 12.1 Å². The molecular weight excluding hydrogens is 282 g/mol. The third-order valence-electron chi connectivity index (χ3n) is 3.75. The third-order valence-corrected chi connectivity index (χ3v) is 4.82. The smallest absolute Gasteiger partial charge is 0.140 e. The summed E-state index contributed by atoms with van der Waals surface area (Å²) in [7, 11) is 0. The first kappa shape index (κ1) is 14.1. The molecule has 3 N–H and O–H groups in total. The fourth-order valence-corrected chi connectivity index (χ4v) is 3.14. The van der Waals surface area contributed by atoms with Crippen LogP contribution >= 0.6 is 11.3 Å². The Hall–Kier alpha value is -1.88. The molecule has 110 valence electrons. The zero-order chi connectivity index (χ0) is 15.0. The second kappa shape index (κ2) is 5.48. The molecule has 1 heterocycles. The van der Waals surface area contributed by atoms with Crippen molar-refractivity contribution in [1.82, 2.24) is 4.98 Å². The number of aryl methyl sites for hydroxylation is 2. The predicted molar refractivity (Wildman–Crippen MR) is 85.4 cm³/mol. The first-order valence-electron chi connectivity index (χ1n) is 7.08. The maximum Gasteiger partial charge on any atom is 0.140 e. The van der Waals surface area contributed by atoms with Crippen LogP contribution in [0.25, 0.3) is 0 Å². The third kappa shape index (κ3) is 3.08. The lowest BCUT2D eigenvalue weighted by molar-refractivity contribution is 0.305. The van der Waals surface area contributed by atoms with Gasteiger partial charge in [0.1, 0.15) is 23.2 Å². The molecular formula is C16H19N3OS. The molecule has 0 spiro atoms. The van der Waals surface area contributed by atoms with Gasteiger partial charge in [-0.05, 0) is 49.9 Å². The molecule has 1 saturated carbocycles. The van der Waals surface area contributed by atoms with Gasteiger partial charge in [-0.15, -0.1) is 11.3 Å². The summed E-state index contributed by atoms with van der Waals surface area (Å²) in [6, 6.07) is 6.07. The molecule has 1 aliphatic carbocycles. The molecule has 1 aliphatic rings. The van der Waals surface area contributed by atoms with Crippen LogP contribution < -0.4 is 10.5 Å². The molecule has 21 heavy (non-hydrogen) atoms. The highest BCUT2D eigenvalue weighted by Gasteiger charge is 2.30. The van der Waals surface area contributed by atoms with Crippen LogP contribution in [0.2, 0.25) is 0 Å². The number of benzene rings is 1. The Morgan fingerprint density at radius 2 is 2.14 bits per heavy atom. The normalized spacial score (nSPS) is 14.2. The molecule has 1 aromatic heterocycles. The van der Waals surface area contributed by atoms with Gasteiger partial charge in [0.05, 0.1) is 10.6 Å². The Bertz CT molecular complexity index is 689. The number of amidine groups is 1. The van der Waals surface area contributed by atoms with Crippen molar-refractivity contribution in [3.63, 3.8) is 0 Å². The number of hydrogen-bond donors (Lipinski definition) is 2. The lowest BCUT2D eigenvalue weighted by Gasteiger charge is -2.06. The van der Waals surface area contributed by atoms with E-state index < -0.39 is 0 Å². The van der Waals surface area contributed by atoms with Crippen molar-refractivity contribution in [2.24, 2.45) is 5.73 Å². The van der Waals surface area contributed by atoms with Gasteiger partial charge < -0.3 is 10.5 Å². The average molecular weight is 301 g/mol. The zero-order valence-electron chi connectivity index (χ0n) is 12.3. The van der Waals surface area contributed by atoms with E-state index in [4.69, 9.17) is 15.9 Å². The molecule has 2 aromatic rings. The van der Waals surface area contributed by atoms with Crippen molar-refractivity contribution in [3.8, 4) is 5.75 Å². The first-order valence-corrected chi connectivity index (χ1v) is 7.90. The van der Waals surface area contributed by atoms with Crippen molar-refractivity contribution < 1.29 is 4.74 Å². The molecule has 3 rings (SSSR count). The number of ether oxygens (including phenoxy) is 1. The van der Waals surface area contributed by atoms with Gasteiger partial charge in [0.25, 0.3) is 0 Å². The summed E-state index contributed by atoms with van der Waals surface area (Å²) in [6.07, 6.45) is 2.31. The van der Waals surface area contributed by atoms with Crippen LogP contribution in [0, 0.1) is 19.3 Å². The highest BCUT2D eigenvalue weighted by atomic mass is 32.1. The quantitative estimate of drug-likeness (QED) is 0.656. The van der Waals surface area contributed by atoms with Gasteiger partial charge in [-0.2, -0.15) is 0 Å². The summed E-state index contributed by atoms with van der Waals surface area (Å²) in [5.74, 6) is 1.47. The zero-order valence-corrected chi connectivity index (χ0v) is 13.1. The number of rotatable bonds is 5. The van der Waals surface area contributed by atoms with Gasteiger partial charge in [-0.1, -0.05) is 6.07 Å². The molecule has 0 saturated heterocycles. The van der Waals surface area contributed by atoms with E-state index >= 15 is 0 Å². The molecule has 0 unspecified atom stereocenters. The number of nitrogen functional groups attached to an aromatic ring is 1. The molecule has 0 amide bonds. The summed E-state index contributed by atoms with van der Waals surface area (Å²) in [5.41, 5.74) is 9.12. The molecule has 0 atom stereocenters. The predicted octanol–water partition coefficient (Wildman–Crippen LogP) is 3.50. The summed E-state index contributed by atoms with van der Waals surface area (Å²) in [4.78, 5) is 5.44. The Morgan fingerprint density at radius 3 is 2.76 bits per heavy atom. The summed E-state index contributed by atoms with van der Waals surface area (Å²) < 4.78 is 5.81. The standard InChI is InChI=1S/C16H19N3OS/c1-9-3-6-12(7-10(9)2)20-8-13-19-14(11-4-5-11)15(21-13)16(17)18/h3,6-7,11H,4-5,8H2,1-2H3,(H3,17,18). The van der Waals surface area contributed by atoms with Crippen LogP contribution in [0.15, 0.2) is 18.2 Å². The highest BCUT2D eigenvalue weighted by molar-refractivity contribution is 7.13. The SMILES string of the molecule is Cc1ccc(OCc2nc(C3CC3)c(C(=N)N)s2)cc1C. The van der Waals surface area contributed by atoms with Crippen molar-refractivity contribution >= 4 is 17.2 Å². The molecule has 1 fully saturated rings. The van der Waals surface area contributed by atoms with Crippen LogP contribution in [-0.2, 0) is 6.61 Å². The minimum absolute atomic E-state index is 0.117. The van der Waals surface area contributed by atoms with E-state index in [9.17, 15) is 0 Å². The summed E-state index contributed by atoms with van der Waals surface area (Å²) >= 11 is 1.48. The molecule has 5 heteroatoms. The molecule has 4 nitrogen and oxygen atoms in total. The minimum Gasteiger partial charge on any atom is -0.486 e. The van der Waals surface area contributed by atoms with Gasteiger partial charge in [0.15, 0.2) is 0 Å². The number of nitrogens with two attached hydrogens (primary N) is 1. The minimum atomic E-state index is 0.117. The Labute approximate surface area is 128 Å². The van der Waals surface area contributed by atoms with Gasteiger partial charge in [0, 0.05) is 5.92 Å². The lowest BCUT2D eigenvalue weighted by Crippen LogP contribution is -2.11. The van der Waals surface area contributed by atoms with Crippen LogP contribution in [0.5, 0.6) is 5.75 Å². The largest absolute Gasteiger partial charge is 0.486 e. The van der Waals surface area contributed by atoms with Gasteiger partial charge in [-0.3, -0.25) is 5.41 Å².